The Morgan fingerprint density at radius 1 is 1.06 bits per heavy atom. The van der Waals surface area contributed by atoms with Crippen LogP contribution in [0.4, 0.5) is 11.4 Å². The number of carbonyl (C=O) groups excluding carboxylic acids is 2. The summed E-state index contributed by atoms with van der Waals surface area (Å²) in [5.74, 6) is 0.0315. The lowest BCUT2D eigenvalue weighted by molar-refractivity contribution is -0.116. The number of halogens is 1. The van der Waals surface area contributed by atoms with Crippen LogP contribution in [0, 0.1) is 0 Å². The van der Waals surface area contributed by atoms with Gasteiger partial charge in [-0.2, -0.15) is 4.31 Å². The molecule has 0 aliphatic carbocycles. The van der Waals surface area contributed by atoms with E-state index in [2.05, 4.69) is 5.32 Å². The molecule has 0 saturated carbocycles. The molecule has 1 aliphatic heterocycles. The summed E-state index contributed by atoms with van der Waals surface area (Å²) in [5, 5.41) is 3.18. The summed E-state index contributed by atoms with van der Waals surface area (Å²) in [6.07, 6.45) is 0.703. The fourth-order valence-electron chi connectivity index (χ4n) is 4.04. The highest BCUT2D eigenvalue weighted by Gasteiger charge is 2.28. The lowest BCUT2D eigenvalue weighted by atomic mass is 10.1. The number of ether oxygens (including phenoxy) is 1. The Morgan fingerprint density at radius 2 is 1.75 bits per heavy atom. The zero-order valence-corrected chi connectivity index (χ0v) is 21.5. The first-order valence-electron chi connectivity index (χ1n) is 11.4. The van der Waals surface area contributed by atoms with Crippen molar-refractivity contribution in [3.8, 4) is 5.75 Å². The number of anilines is 2. The smallest absolute Gasteiger partial charge is 0.258 e. The number of fused-ring (bicyclic) bond motifs is 1. The predicted molar refractivity (Wildman–Crippen MR) is 139 cm³/mol. The molecule has 0 radical (unpaired) electrons. The van der Waals surface area contributed by atoms with Crippen molar-refractivity contribution in [3.05, 3.63) is 82.9 Å². The van der Waals surface area contributed by atoms with Crippen LogP contribution >= 0.6 is 11.6 Å². The minimum absolute atomic E-state index is 0.0618. The molecule has 0 atom stereocenters. The molecule has 0 saturated heterocycles. The van der Waals surface area contributed by atoms with Crippen molar-refractivity contribution in [2.24, 2.45) is 0 Å². The van der Waals surface area contributed by atoms with E-state index in [4.69, 9.17) is 16.3 Å². The molecule has 36 heavy (non-hydrogen) atoms. The third-order valence-corrected chi connectivity index (χ3v) is 8.16. The van der Waals surface area contributed by atoms with Gasteiger partial charge in [0.05, 0.1) is 18.6 Å². The van der Waals surface area contributed by atoms with Crippen molar-refractivity contribution in [2.75, 3.05) is 37.0 Å². The highest BCUT2D eigenvalue weighted by molar-refractivity contribution is 7.89. The fourth-order valence-corrected chi connectivity index (χ4v) is 5.57. The minimum Gasteiger partial charge on any atom is -0.497 e. The van der Waals surface area contributed by atoms with E-state index >= 15 is 0 Å². The number of likely N-dealkylation sites (N-methyl/N-ethyl adjacent to an activating group) is 1. The van der Waals surface area contributed by atoms with Gasteiger partial charge in [0.25, 0.3) is 5.91 Å². The summed E-state index contributed by atoms with van der Waals surface area (Å²) in [6.45, 7) is 1.96. The van der Waals surface area contributed by atoms with Gasteiger partial charge in [-0.25, -0.2) is 8.42 Å². The molecule has 188 valence electrons. The molecule has 0 fully saturated rings. The Bertz CT molecular complexity index is 1380. The number of nitrogens with zero attached hydrogens (tertiary/aromatic N) is 2. The van der Waals surface area contributed by atoms with Crippen LogP contribution in [0.5, 0.6) is 5.75 Å². The number of hydrogen-bond acceptors (Lipinski definition) is 5. The molecule has 1 heterocycles. The van der Waals surface area contributed by atoms with Crippen LogP contribution in [0.1, 0.15) is 22.8 Å². The van der Waals surface area contributed by atoms with E-state index in [0.717, 1.165) is 15.6 Å². The van der Waals surface area contributed by atoms with Gasteiger partial charge in [0.2, 0.25) is 15.9 Å². The van der Waals surface area contributed by atoms with E-state index in [1.165, 1.54) is 24.3 Å². The molecule has 0 bridgehead atoms. The van der Waals surface area contributed by atoms with Crippen LogP contribution in [-0.4, -0.2) is 51.3 Å². The number of rotatable bonds is 8. The lowest BCUT2D eigenvalue weighted by Crippen LogP contribution is -2.37. The monoisotopic (exact) mass is 527 g/mol. The second kappa shape index (κ2) is 10.7. The van der Waals surface area contributed by atoms with Crippen LogP contribution in [0.2, 0.25) is 5.02 Å². The second-order valence-corrected chi connectivity index (χ2v) is 10.6. The Balaban J connectivity index is 1.48. The molecular formula is C26H26ClN3O5S. The predicted octanol–water partition coefficient (Wildman–Crippen LogP) is 4.20. The number of hydrogen-bond donors (Lipinski definition) is 1. The van der Waals surface area contributed by atoms with Gasteiger partial charge in [-0.1, -0.05) is 24.6 Å². The van der Waals surface area contributed by atoms with E-state index < -0.39 is 15.9 Å². The van der Waals surface area contributed by atoms with Gasteiger partial charge in [-0.15, -0.1) is 0 Å². The normalized spacial score (nSPS) is 12.9. The Kier molecular flexibility index (Phi) is 7.63. The highest BCUT2D eigenvalue weighted by atomic mass is 35.5. The van der Waals surface area contributed by atoms with Crippen molar-refractivity contribution >= 4 is 44.8 Å². The van der Waals surface area contributed by atoms with Gasteiger partial charge in [0.1, 0.15) is 5.75 Å². The van der Waals surface area contributed by atoms with E-state index in [-0.39, 0.29) is 23.9 Å². The molecule has 8 nitrogen and oxygen atoms in total. The average molecular weight is 528 g/mol. The van der Waals surface area contributed by atoms with Crippen LogP contribution in [-0.2, 0) is 21.2 Å². The van der Waals surface area contributed by atoms with Crippen LogP contribution < -0.4 is 15.0 Å². The number of methoxy groups -OCH3 is 1. The van der Waals surface area contributed by atoms with Crippen molar-refractivity contribution < 1.29 is 22.7 Å². The third-order valence-electron chi connectivity index (χ3n) is 5.97. The Labute approximate surface area is 215 Å². The zero-order chi connectivity index (χ0) is 25.9. The molecule has 1 N–H and O–H groups in total. The van der Waals surface area contributed by atoms with E-state index in [1.807, 2.05) is 6.07 Å². The summed E-state index contributed by atoms with van der Waals surface area (Å²) in [5.41, 5.74) is 2.72. The summed E-state index contributed by atoms with van der Waals surface area (Å²) in [6, 6.07) is 18.1. The van der Waals surface area contributed by atoms with E-state index in [9.17, 15) is 18.0 Å². The van der Waals surface area contributed by atoms with Crippen molar-refractivity contribution in [1.29, 1.82) is 0 Å². The SMILES string of the molecule is CCN(CC(=O)Nc1ccc2c(c1)N(C(=O)c1ccc(OC)cc1)CC2)S(=O)(=O)c1ccc(Cl)cc1. The number of nitrogens with one attached hydrogen (secondary N) is 1. The average Bonchev–Trinajstić information content (AvgIpc) is 3.30. The van der Waals surface area contributed by atoms with Crippen LogP contribution in [0.25, 0.3) is 0 Å². The van der Waals surface area contributed by atoms with Gasteiger partial charge in [-0.3, -0.25) is 9.59 Å². The first-order chi connectivity index (χ1) is 17.2. The number of benzene rings is 3. The van der Waals surface area contributed by atoms with Gasteiger partial charge in [-0.05, 0) is 72.6 Å². The van der Waals surface area contributed by atoms with Crippen molar-refractivity contribution in [1.82, 2.24) is 4.31 Å². The second-order valence-electron chi connectivity index (χ2n) is 8.21. The molecule has 0 spiro atoms. The van der Waals surface area contributed by atoms with Crippen LogP contribution in [0.15, 0.2) is 71.6 Å². The van der Waals surface area contributed by atoms with E-state index in [0.29, 0.717) is 35.0 Å². The molecule has 3 aromatic rings. The van der Waals surface area contributed by atoms with Gasteiger partial charge >= 0.3 is 0 Å². The lowest BCUT2D eigenvalue weighted by Gasteiger charge is -2.21. The Hall–Kier alpha value is -3.40. The van der Waals surface area contributed by atoms with E-state index in [1.54, 1.807) is 55.3 Å². The summed E-state index contributed by atoms with van der Waals surface area (Å²) >= 11 is 5.86. The summed E-state index contributed by atoms with van der Waals surface area (Å²) in [7, 11) is -2.30. The molecule has 10 heteroatoms. The van der Waals surface area contributed by atoms with Crippen molar-refractivity contribution in [2.45, 2.75) is 18.2 Å². The zero-order valence-electron chi connectivity index (χ0n) is 19.9. The molecule has 0 unspecified atom stereocenters. The highest BCUT2D eigenvalue weighted by Crippen LogP contribution is 2.32. The topological polar surface area (TPSA) is 96.0 Å². The maximum absolute atomic E-state index is 13.1. The van der Waals surface area contributed by atoms with Gasteiger partial charge in [0.15, 0.2) is 0 Å². The number of carbonyl (C=O) groups is 2. The Morgan fingerprint density at radius 3 is 2.39 bits per heavy atom. The molecule has 3 aromatic carbocycles. The van der Waals surface area contributed by atoms with Gasteiger partial charge < -0.3 is 15.0 Å². The fraction of sp³-hybridized carbons (Fsp3) is 0.231. The first-order valence-corrected chi connectivity index (χ1v) is 13.2. The molecule has 2 amide bonds. The molecule has 4 rings (SSSR count). The first kappa shape index (κ1) is 25.7. The summed E-state index contributed by atoms with van der Waals surface area (Å²) < 4.78 is 32.2. The van der Waals surface area contributed by atoms with Gasteiger partial charge in [0, 0.05) is 35.1 Å². The van der Waals surface area contributed by atoms with Crippen LogP contribution in [0.3, 0.4) is 0 Å². The quantitative estimate of drug-likeness (QED) is 0.473. The molecule has 0 aromatic heterocycles. The number of sulfonamides is 1. The molecular weight excluding hydrogens is 502 g/mol. The largest absolute Gasteiger partial charge is 0.497 e. The summed E-state index contributed by atoms with van der Waals surface area (Å²) in [4.78, 5) is 27.6. The van der Waals surface area contributed by atoms with Crippen molar-refractivity contribution in [3.63, 3.8) is 0 Å². The molecule has 1 aliphatic rings. The number of amides is 2. The maximum atomic E-state index is 13.1. The maximum Gasteiger partial charge on any atom is 0.258 e. The minimum atomic E-state index is -3.87. The third kappa shape index (κ3) is 5.38. The standard InChI is InChI=1S/C26H26ClN3O5S/c1-3-29(36(33,34)23-12-7-20(27)8-13-23)17-25(31)28-21-9-4-18-14-15-30(24(18)16-21)26(32)19-5-10-22(35-2)11-6-19/h4-13,16H,3,14-15,17H2,1-2H3,(H,28,31).